The molecule has 0 spiro atoms. The molecule has 124 valence electrons. The molecule has 0 aliphatic heterocycles. The lowest BCUT2D eigenvalue weighted by molar-refractivity contribution is -0.137. The van der Waals surface area contributed by atoms with Gasteiger partial charge in [0.05, 0.1) is 6.33 Å². The zero-order chi connectivity index (χ0) is 16.7. The van der Waals surface area contributed by atoms with Crippen LogP contribution in [0.4, 0.5) is 11.8 Å². The molecule has 0 atom stereocenters. The molecule has 0 saturated carbocycles. The standard InChI is InChI=1S/C15H22N6O2/c1-3-5-6-8-17-15-19-13(16-7-4-2)12-14(20-15)21(10-18-12)9-11(22)23/h4,10H,2-3,5-9H2,1H3,(H,22,23)(H2,16,17,19,20). The molecule has 8 nitrogen and oxygen atoms in total. The number of hydrogen-bond acceptors (Lipinski definition) is 6. The summed E-state index contributed by atoms with van der Waals surface area (Å²) in [5, 5.41) is 15.3. The van der Waals surface area contributed by atoms with E-state index in [9.17, 15) is 4.79 Å². The van der Waals surface area contributed by atoms with Crippen molar-refractivity contribution in [3.8, 4) is 0 Å². The number of nitrogens with zero attached hydrogens (tertiary/aromatic N) is 4. The molecule has 2 heterocycles. The summed E-state index contributed by atoms with van der Waals surface area (Å²) in [6.07, 6.45) is 6.48. The molecule has 23 heavy (non-hydrogen) atoms. The van der Waals surface area contributed by atoms with Gasteiger partial charge in [0, 0.05) is 13.1 Å². The van der Waals surface area contributed by atoms with Gasteiger partial charge in [-0.05, 0) is 6.42 Å². The van der Waals surface area contributed by atoms with E-state index >= 15 is 0 Å². The first-order chi connectivity index (χ1) is 11.2. The van der Waals surface area contributed by atoms with E-state index in [4.69, 9.17) is 5.11 Å². The van der Waals surface area contributed by atoms with Crippen LogP contribution in [0.5, 0.6) is 0 Å². The molecule has 0 aliphatic rings. The van der Waals surface area contributed by atoms with Crippen LogP contribution in [0.3, 0.4) is 0 Å². The van der Waals surface area contributed by atoms with Gasteiger partial charge in [0.2, 0.25) is 5.95 Å². The van der Waals surface area contributed by atoms with Crippen LogP contribution in [-0.2, 0) is 11.3 Å². The monoisotopic (exact) mass is 318 g/mol. The number of nitrogens with one attached hydrogen (secondary N) is 2. The number of anilines is 2. The number of aliphatic carboxylic acids is 1. The Morgan fingerprint density at radius 1 is 1.39 bits per heavy atom. The van der Waals surface area contributed by atoms with E-state index in [2.05, 4.69) is 39.1 Å². The van der Waals surface area contributed by atoms with Gasteiger partial charge in [0.25, 0.3) is 0 Å². The number of fused-ring (bicyclic) bond motifs is 1. The van der Waals surface area contributed by atoms with E-state index in [-0.39, 0.29) is 6.54 Å². The fourth-order valence-electron chi connectivity index (χ4n) is 2.15. The van der Waals surface area contributed by atoms with Crippen molar-refractivity contribution in [1.82, 2.24) is 19.5 Å². The third-order valence-corrected chi connectivity index (χ3v) is 3.25. The molecule has 2 rings (SSSR count). The fraction of sp³-hybridized carbons (Fsp3) is 0.467. The van der Waals surface area contributed by atoms with Gasteiger partial charge >= 0.3 is 5.97 Å². The van der Waals surface area contributed by atoms with Gasteiger partial charge in [-0.1, -0.05) is 25.8 Å². The highest BCUT2D eigenvalue weighted by Crippen LogP contribution is 2.20. The van der Waals surface area contributed by atoms with Crippen molar-refractivity contribution < 1.29 is 9.90 Å². The summed E-state index contributed by atoms with van der Waals surface area (Å²) in [6.45, 7) is 6.93. The van der Waals surface area contributed by atoms with Crippen molar-refractivity contribution in [2.45, 2.75) is 32.7 Å². The number of rotatable bonds is 10. The third kappa shape index (κ3) is 4.41. The van der Waals surface area contributed by atoms with Gasteiger partial charge in [-0.3, -0.25) is 4.79 Å². The molecule has 0 radical (unpaired) electrons. The van der Waals surface area contributed by atoms with E-state index in [0.29, 0.717) is 29.5 Å². The Balaban J connectivity index is 2.30. The summed E-state index contributed by atoms with van der Waals surface area (Å²) in [5.74, 6) is 0.0882. The number of hydrogen-bond donors (Lipinski definition) is 3. The first-order valence-electron chi connectivity index (χ1n) is 7.69. The molecule has 2 aromatic heterocycles. The van der Waals surface area contributed by atoms with E-state index in [0.717, 1.165) is 25.8 Å². The highest BCUT2D eigenvalue weighted by Gasteiger charge is 2.14. The molecule has 0 amide bonds. The molecule has 0 aliphatic carbocycles. The van der Waals surface area contributed by atoms with Crippen LogP contribution in [0.25, 0.3) is 11.2 Å². The smallest absolute Gasteiger partial charge is 0.323 e. The molecule has 3 N–H and O–H groups in total. The van der Waals surface area contributed by atoms with Crippen LogP contribution in [0.15, 0.2) is 19.0 Å². The van der Waals surface area contributed by atoms with Crippen molar-refractivity contribution in [1.29, 1.82) is 0 Å². The number of aromatic nitrogens is 4. The van der Waals surface area contributed by atoms with Crippen molar-refractivity contribution in [3.05, 3.63) is 19.0 Å². The van der Waals surface area contributed by atoms with Crippen molar-refractivity contribution in [3.63, 3.8) is 0 Å². The maximum atomic E-state index is 11.0. The second-order valence-corrected chi connectivity index (χ2v) is 5.14. The van der Waals surface area contributed by atoms with Gasteiger partial charge in [-0.15, -0.1) is 6.58 Å². The van der Waals surface area contributed by atoms with E-state index < -0.39 is 5.97 Å². The lowest BCUT2D eigenvalue weighted by Crippen LogP contribution is -2.12. The highest BCUT2D eigenvalue weighted by molar-refractivity contribution is 5.85. The Hall–Kier alpha value is -2.64. The van der Waals surface area contributed by atoms with Crippen LogP contribution in [0, 0.1) is 0 Å². The molecule has 8 heteroatoms. The first-order valence-corrected chi connectivity index (χ1v) is 7.69. The second-order valence-electron chi connectivity index (χ2n) is 5.14. The van der Waals surface area contributed by atoms with Crippen molar-refractivity contribution in [2.24, 2.45) is 0 Å². The van der Waals surface area contributed by atoms with Gasteiger partial charge in [0.15, 0.2) is 17.0 Å². The number of carboxylic acid groups (broad SMARTS) is 1. The minimum absolute atomic E-state index is 0.191. The largest absolute Gasteiger partial charge is 0.480 e. The number of unbranched alkanes of at least 4 members (excludes halogenated alkanes) is 2. The topological polar surface area (TPSA) is 105 Å². The normalized spacial score (nSPS) is 10.7. The van der Waals surface area contributed by atoms with Gasteiger partial charge in [-0.2, -0.15) is 9.97 Å². The second kappa shape index (κ2) is 8.11. The SMILES string of the molecule is C=CCNc1nc(NCCCCC)nc2c1ncn2CC(=O)O. The lowest BCUT2D eigenvalue weighted by Gasteiger charge is -2.09. The number of carbonyl (C=O) groups is 1. The van der Waals surface area contributed by atoms with Crippen molar-refractivity contribution in [2.75, 3.05) is 23.7 Å². The molecule has 0 unspecified atom stereocenters. The minimum atomic E-state index is -0.944. The summed E-state index contributed by atoms with van der Waals surface area (Å²) < 4.78 is 1.50. The summed E-state index contributed by atoms with van der Waals surface area (Å²) in [5.41, 5.74) is 1.04. The lowest BCUT2D eigenvalue weighted by atomic mass is 10.2. The summed E-state index contributed by atoms with van der Waals surface area (Å²) in [4.78, 5) is 24.0. The van der Waals surface area contributed by atoms with Crippen LogP contribution in [0.2, 0.25) is 0 Å². The first kappa shape index (κ1) is 16.7. The molecular weight excluding hydrogens is 296 g/mol. The Kier molecular flexibility index (Phi) is 5.90. The number of carboxylic acids is 1. The Labute approximate surface area is 134 Å². The zero-order valence-electron chi connectivity index (χ0n) is 13.2. The Bertz CT molecular complexity index is 682. The molecule has 0 fully saturated rings. The summed E-state index contributed by atoms with van der Waals surface area (Å²) >= 11 is 0. The molecule has 2 aromatic rings. The predicted octanol–water partition coefficient (Wildman–Crippen LogP) is 2.11. The summed E-state index contributed by atoms with van der Waals surface area (Å²) in [6, 6.07) is 0. The highest BCUT2D eigenvalue weighted by atomic mass is 16.4. The zero-order valence-corrected chi connectivity index (χ0v) is 13.2. The number of imidazole rings is 1. The average molecular weight is 318 g/mol. The Morgan fingerprint density at radius 2 is 2.22 bits per heavy atom. The van der Waals surface area contributed by atoms with Crippen molar-refractivity contribution >= 4 is 28.9 Å². The molecule has 0 bridgehead atoms. The minimum Gasteiger partial charge on any atom is -0.480 e. The maximum absolute atomic E-state index is 11.0. The van der Waals surface area contributed by atoms with E-state index in [1.165, 1.54) is 10.9 Å². The average Bonchev–Trinajstić information content (AvgIpc) is 2.92. The molecule has 0 aromatic carbocycles. The predicted molar refractivity (Wildman–Crippen MR) is 89.7 cm³/mol. The molecule has 0 saturated heterocycles. The van der Waals surface area contributed by atoms with Crippen LogP contribution in [0.1, 0.15) is 26.2 Å². The quantitative estimate of drug-likeness (QED) is 0.455. The van der Waals surface area contributed by atoms with Gasteiger partial charge in [0.1, 0.15) is 6.54 Å². The summed E-state index contributed by atoms with van der Waals surface area (Å²) in [7, 11) is 0. The van der Waals surface area contributed by atoms with Crippen LogP contribution in [-0.4, -0.2) is 43.7 Å². The van der Waals surface area contributed by atoms with Gasteiger partial charge < -0.3 is 20.3 Å². The Morgan fingerprint density at radius 3 is 2.91 bits per heavy atom. The van der Waals surface area contributed by atoms with E-state index in [1.54, 1.807) is 6.08 Å². The van der Waals surface area contributed by atoms with Gasteiger partial charge in [-0.25, -0.2) is 4.98 Å². The van der Waals surface area contributed by atoms with Crippen LogP contribution >= 0.6 is 0 Å². The van der Waals surface area contributed by atoms with E-state index in [1.807, 2.05) is 0 Å². The molecular formula is C15H22N6O2. The maximum Gasteiger partial charge on any atom is 0.323 e. The third-order valence-electron chi connectivity index (χ3n) is 3.25. The van der Waals surface area contributed by atoms with Crippen LogP contribution < -0.4 is 10.6 Å². The fourth-order valence-corrected chi connectivity index (χ4v) is 2.15.